The van der Waals surface area contributed by atoms with Crippen LogP contribution >= 0.6 is 0 Å². The smallest absolute Gasteiger partial charge is 0.0468 e. The molecule has 0 bridgehead atoms. The van der Waals surface area contributed by atoms with Gasteiger partial charge in [-0.15, -0.1) is 0 Å². The summed E-state index contributed by atoms with van der Waals surface area (Å²) in [5, 5.41) is 0. The Morgan fingerprint density at radius 3 is 0.878 bits per heavy atom. The maximum Gasteiger partial charge on any atom is 0.0468 e. The van der Waals surface area contributed by atoms with Gasteiger partial charge in [-0.2, -0.15) is 0 Å². The second-order valence-corrected chi connectivity index (χ2v) is 18.9. The van der Waals surface area contributed by atoms with Gasteiger partial charge in [0.15, 0.2) is 0 Å². The lowest BCUT2D eigenvalue weighted by Gasteiger charge is -2.41. The molecule has 1 nitrogen and oxygen atoms in total. The van der Waals surface area contributed by atoms with E-state index in [1.165, 1.54) is 205 Å². The van der Waals surface area contributed by atoms with Gasteiger partial charge in [0, 0.05) is 13.2 Å². The number of hydrogen-bond donors (Lipinski definition) is 0. The predicted octanol–water partition coefficient (Wildman–Crippen LogP) is 15.8. The summed E-state index contributed by atoms with van der Waals surface area (Å²) in [6, 6.07) is 0. The third-order valence-corrected chi connectivity index (χ3v) is 15.5. The zero-order valence-corrected chi connectivity index (χ0v) is 34.2. The molecular formula is C48H90O. The summed E-state index contributed by atoms with van der Waals surface area (Å²) in [6.07, 6.45) is 47.5. The van der Waals surface area contributed by atoms with Crippen molar-refractivity contribution in [2.24, 2.45) is 59.2 Å². The van der Waals surface area contributed by atoms with Gasteiger partial charge in [-0.3, -0.25) is 0 Å². The van der Waals surface area contributed by atoms with Crippen LogP contribution in [-0.4, -0.2) is 13.2 Å². The first-order valence-corrected chi connectivity index (χ1v) is 23.7. The van der Waals surface area contributed by atoms with Gasteiger partial charge in [0.2, 0.25) is 0 Å². The molecule has 0 aromatic carbocycles. The van der Waals surface area contributed by atoms with Crippen molar-refractivity contribution < 1.29 is 4.74 Å². The largest absolute Gasteiger partial charge is 0.381 e. The second kappa shape index (κ2) is 25.1. The van der Waals surface area contributed by atoms with Gasteiger partial charge < -0.3 is 4.74 Å². The lowest BCUT2D eigenvalue weighted by Crippen LogP contribution is -2.32. The standard InChI is InChI=1S/C48H90O/c1-5-9-13-17-41-23-31-45(32-24-41)47(43-27-19-39(20-28-43)15-11-7-3)35-37-49-38-36-48(44-29-21-40(22-30-44)16-12-8-4)46-33-25-42(26-34-46)18-14-10-6-2/h39-48H,5-38H2,1-4H3/t39-,40-,41-,42-,43-,44-,45-,46-,47?,48?. The average Bonchev–Trinajstić information content (AvgIpc) is 3.14. The first-order chi connectivity index (χ1) is 24.1. The topological polar surface area (TPSA) is 9.23 Å². The van der Waals surface area contributed by atoms with E-state index in [1.807, 2.05) is 0 Å². The van der Waals surface area contributed by atoms with E-state index in [4.69, 9.17) is 4.74 Å². The molecule has 0 aromatic heterocycles. The van der Waals surface area contributed by atoms with Crippen LogP contribution in [0.25, 0.3) is 0 Å². The quantitative estimate of drug-likeness (QED) is 0.0921. The molecule has 0 aromatic rings. The summed E-state index contributed by atoms with van der Waals surface area (Å²) in [4.78, 5) is 0. The molecule has 0 radical (unpaired) electrons. The van der Waals surface area contributed by atoms with Gasteiger partial charge in [0.25, 0.3) is 0 Å². The molecule has 4 aliphatic carbocycles. The highest BCUT2D eigenvalue weighted by atomic mass is 16.5. The maximum absolute atomic E-state index is 6.78. The third-order valence-electron chi connectivity index (χ3n) is 15.5. The maximum atomic E-state index is 6.78. The summed E-state index contributed by atoms with van der Waals surface area (Å²) in [5.41, 5.74) is 0. The van der Waals surface area contributed by atoms with Crippen molar-refractivity contribution >= 4 is 0 Å². The Hall–Kier alpha value is -0.0400. The molecule has 49 heavy (non-hydrogen) atoms. The molecule has 288 valence electrons. The van der Waals surface area contributed by atoms with E-state index in [-0.39, 0.29) is 0 Å². The summed E-state index contributed by atoms with van der Waals surface area (Å²) >= 11 is 0. The first-order valence-electron chi connectivity index (χ1n) is 23.7. The molecule has 4 fully saturated rings. The van der Waals surface area contributed by atoms with E-state index < -0.39 is 0 Å². The van der Waals surface area contributed by atoms with E-state index in [0.717, 1.165) is 72.4 Å². The summed E-state index contributed by atoms with van der Waals surface area (Å²) in [5.74, 6) is 10.0. The van der Waals surface area contributed by atoms with Gasteiger partial charge in [-0.25, -0.2) is 0 Å². The third kappa shape index (κ3) is 15.1. The van der Waals surface area contributed by atoms with Crippen molar-refractivity contribution in [1.82, 2.24) is 0 Å². The fraction of sp³-hybridized carbons (Fsp3) is 1.00. The number of ether oxygens (including phenoxy) is 1. The van der Waals surface area contributed by atoms with Gasteiger partial charge >= 0.3 is 0 Å². The van der Waals surface area contributed by atoms with E-state index in [2.05, 4.69) is 27.7 Å². The average molecular weight is 683 g/mol. The number of hydrogen-bond acceptors (Lipinski definition) is 1. The zero-order valence-electron chi connectivity index (χ0n) is 34.2. The highest BCUT2D eigenvalue weighted by Gasteiger charge is 2.36. The summed E-state index contributed by atoms with van der Waals surface area (Å²) in [7, 11) is 0. The summed E-state index contributed by atoms with van der Waals surface area (Å²) < 4.78 is 6.78. The van der Waals surface area contributed by atoms with Crippen LogP contribution in [-0.2, 0) is 4.74 Å². The number of rotatable bonds is 24. The molecule has 2 atom stereocenters. The Morgan fingerprint density at radius 2 is 0.612 bits per heavy atom. The van der Waals surface area contributed by atoms with Crippen molar-refractivity contribution in [3.8, 4) is 0 Å². The normalized spacial score (nSPS) is 32.6. The molecule has 0 heterocycles. The Morgan fingerprint density at radius 1 is 0.347 bits per heavy atom. The van der Waals surface area contributed by atoms with Gasteiger partial charge in [-0.1, -0.05) is 169 Å². The molecule has 4 saturated carbocycles. The lowest BCUT2D eigenvalue weighted by molar-refractivity contribution is 0.0367. The summed E-state index contributed by atoms with van der Waals surface area (Å²) in [6.45, 7) is 11.6. The first kappa shape index (κ1) is 41.7. The molecule has 0 N–H and O–H groups in total. The van der Waals surface area contributed by atoms with Gasteiger partial charge in [0.1, 0.15) is 0 Å². The molecule has 1 heteroatoms. The highest BCUT2D eigenvalue weighted by Crippen LogP contribution is 2.47. The monoisotopic (exact) mass is 683 g/mol. The van der Waals surface area contributed by atoms with Crippen molar-refractivity contribution in [1.29, 1.82) is 0 Å². The number of unbranched alkanes of at least 4 members (excludes halogenated alkanes) is 6. The zero-order chi connectivity index (χ0) is 34.5. The van der Waals surface area contributed by atoms with Crippen molar-refractivity contribution in [2.45, 2.75) is 233 Å². The van der Waals surface area contributed by atoms with E-state index >= 15 is 0 Å². The Kier molecular flexibility index (Phi) is 21.3. The fourth-order valence-corrected chi connectivity index (χ4v) is 12.2. The molecule has 0 aliphatic heterocycles. The van der Waals surface area contributed by atoms with Gasteiger partial charge in [0.05, 0.1) is 0 Å². The van der Waals surface area contributed by atoms with Crippen LogP contribution in [0, 0.1) is 59.2 Å². The minimum atomic E-state index is 0.945. The van der Waals surface area contributed by atoms with Gasteiger partial charge in [-0.05, 0) is 123 Å². The fourth-order valence-electron chi connectivity index (χ4n) is 12.2. The second-order valence-electron chi connectivity index (χ2n) is 18.9. The predicted molar refractivity (Wildman–Crippen MR) is 216 cm³/mol. The minimum Gasteiger partial charge on any atom is -0.381 e. The molecule has 4 rings (SSSR count). The van der Waals surface area contributed by atoms with Crippen LogP contribution in [0.3, 0.4) is 0 Å². The van der Waals surface area contributed by atoms with Crippen LogP contribution in [0.15, 0.2) is 0 Å². The van der Waals surface area contributed by atoms with E-state index in [1.54, 1.807) is 0 Å². The Bertz CT molecular complexity index is 694. The molecule has 0 spiro atoms. The van der Waals surface area contributed by atoms with Crippen molar-refractivity contribution in [3.63, 3.8) is 0 Å². The van der Waals surface area contributed by atoms with Crippen LogP contribution in [0.2, 0.25) is 0 Å². The Labute approximate surface area is 309 Å². The lowest BCUT2D eigenvalue weighted by atomic mass is 9.65. The van der Waals surface area contributed by atoms with Crippen LogP contribution in [0.4, 0.5) is 0 Å². The van der Waals surface area contributed by atoms with E-state index in [0.29, 0.717) is 0 Å². The van der Waals surface area contributed by atoms with Crippen molar-refractivity contribution in [3.05, 3.63) is 0 Å². The van der Waals surface area contributed by atoms with Crippen LogP contribution in [0.1, 0.15) is 233 Å². The van der Waals surface area contributed by atoms with E-state index in [9.17, 15) is 0 Å². The Balaban J connectivity index is 1.27. The highest BCUT2D eigenvalue weighted by molar-refractivity contribution is 4.87. The molecule has 0 saturated heterocycles. The van der Waals surface area contributed by atoms with Crippen LogP contribution < -0.4 is 0 Å². The van der Waals surface area contributed by atoms with Crippen molar-refractivity contribution in [2.75, 3.05) is 13.2 Å². The SMILES string of the molecule is CCCCC[C@H]1CC[C@H](C(CCOCCC([C@H]2CC[C@H](CCCC)CC2)[C@H]2CC[C@H](CCCCC)CC2)[C@H]2CC[C@H](CCCC)CC2)CC1. The molecular weight excluding hydrogens is 593 g/mol. The van der Waals surface area contributed by atoms with Crippen LogP contribution in [0.5, 0.6) is 0 Å². The molecule has 0 amide bonds. The molecule has 4 aliphatic rings. The minimum absolute atomic E-state index is 0.945. The molecule has 2 unspecified atom stereocenters.